The summed E-state index contributed by atoms with van der Waals surface area (Å²) in [6, 6.07) is 12.5. The minimum Gasteiger partial charge on any atom is -0.273 e. The number of rotatable bonds is 3. The van der Waals surface area contributed by atoms with Crippen LogP contribution < -0.4 is 0 Å². The first-order chi connectivity index (χ1) is 8.85. The molecule has 108 valence electrons. The molecular formula is C17H25PPd. The summed E-state index contributed by atoms with van der Waals surface area (Å²) in [5.74, 6) is 0. The first-order valence-corrected chi connectivity index (χ1v) is 8.60. The van der Waals surface area contributed by atoms with E-state index < -0.39 is 0 Å². The van der Waals surface area contributed by atoms with Crippen molar-refractivity contribution in [3.63, 3.8) is 0 Å². The molecule has 0 nitrogen and oxygen atoms in total. The Kier molecular flexibility index (Phi) is 19.8. The topological polar surface area (TPSA) is 0 Å². The Hall–Kier alpha value is -0.208. The van der Waals surface area contributed by atoms with Gasteiger partial charge in [-0.1, -0.05) is 20.8 Å². The van der Waals surface area contributed by atoms with Crippen molar-refractivity contribution in [2.24, 2.45) is 0 Å². The van der Waals surface area contributed by atoms with E-state index >= 15 is 0 Å². The van der Waals surface area contributed by atoms with Crippen LogP contribution >= 0.6 is 7.92 Å². The molecule has 19 heavy (non-hydrogen) atoms. The fraction of sp³-hybridized carbons (Fsp3) is 0.412. The van der Waals surface area contributed by atoms with Crippen molar-refractivity contribution < 1.29 is 20.4 Å². The standard InChI is InChI=1S/C6H15P.C6H5.C5H5.Pd/c1-4-7(5-2)6-3;1-2-4-6-5-3-1;1-2-4-5-3-1;/h4-6H2,1-3H3;1-5H;1-3H,4H2;/q;2*-1;+2. The van der Waals surface area contributed by atoms with Crippen LogP contribution in [0.25, 0.3) is 0 Å². The van der Waals surface area contributed by atoms with Gasteiger partial charge >= 0.3 is 20.4 Å². The third kappa shape index (κ3) is 15.7. The van der Waals surface area contributed by atoms with Crippen molar-refractivity contribution in [1.82, 2.24) is 0 Å². The minimum absolute atomic E-state index is 0. The molecule has 0 atom stereocenters. The maximum absolute atomic E-state index is 2.99. The smallest absolute Gasteiger partial charge is 0.273 e. The van der Waals surface area contributed by atoms with Crippen LogP contribution in [0.3, 0.4) is 0 Å². The molecule has 0 spiro atoms. The SMILES string of the molecule is CCP(CC)CC.[C-]1=CC=CC1.[Pd+2].[c-]1ccccc1. The summed E-state index contributed by atoms with van der Waals surface area (Å²) in [6.07, 6.45) is 14.3. The van der Waals surface area contributed by atoms with Gasteiger partial charge in [0.05, 0.1) is 0 Å². The summed E-state index contributed by atoms with van der Waals surface area (Å²) >= 11 is 0. The van der Waals surface area contributed by atoms with Gasteiger partial charge in [0.15, 0.2) is 0 Å². The van der Waals surface area contributed by atoms with Crippen LogP contribution in [0.4, 0.5) is 0 Å². The Balaban J connectivity index is 0. The summed E-state index contributed by atoms with van der Waals surface area (Å²) in [5, 5.41) is 0. The van der Waals surface area contributed by atoms with E-state index in [0.717, 1.165) is 6.42 Å². The largest absolute Gasteiger partial charge is 2.00 e. The van der Waals surface area contributed by atoms with Gasteiger partial charge in [-0.3, -0.25) is 6.08 Å². The number of hydrogen-bond acceptors (Lipinski definition) is 0. The molecule has 0 N–H and O–H groups in total. The molecule has 0 fully saturated rings. The Morgan fingerprint density at radius 1 is 0.947 bits per heavy atom. The molecule has 0 saturated heterocycles. The van der Waals surface area contributed by atoms with Crippen molar-refractivity contribution >= 4 is 7.92 Å². The molecule has 2 heteroatoms. The van der Waals surface area contributed by atoms with E-state index in [4.69, 9.17) is 0 Å². The molecule has 0 unspecified atom stereocenters. The van der Waals surface area contributed by atoms with Gasteiger partial charge in [0.2, 0.25) is 0 Å². The van der Waals surface area contributed by atoms with E-state index in [0.29, 0.717) is 7.92 Å². The molecule has 1 aromatic carbocycles. The first kappa shape index (κ1) is 21.1. The van der Waals surface area contributed by atoms with Gasteiger partial charge in [-0.25, -0.2) is 12.2 Å². The Morgan fingerprint density at radius 2 is 1.53 bits per heavy atom. The van der Waals surface area contributed by atoms with Crippen molar-refractivity contribution in [2.45, 2.75) is 27.2 Å². The molecule has 0 heterocycles. The predicted octanol–water partition coefficient (Wildman–Crippen LogP) is 5.32. The summed E-state index contributed by atoms with van der Waals surface area (Å²) in [6.45, 7) is 6.87. The summed E-state index contributed by atoms with van der Waals surface area (Å²) in [5.41, 5.74) is 0. The summed E-state index contributed by atoms with van der Waals surface area (Å²) in [4.78, 5) is 0. The third-order valence-electron chi connectivity index (χ3n) is 2.53. The molecule has 0 amide bonds. The Labute approximate surface area is 134 Å². The Bertz CT molecular complexity index is 260. The van der Waals surface area contributed by atoms with Crippen molar-refractivity contribution in [1.29, 1.82) is 0 Å². The molecule has 0 aromatic heterocycles. The third-order valence-corrected chi connectivity index (χ3v) is 5.22. The average Bonchev–Trinajstić information content (AvgIpc) is 3.03. The maximum atomic E-state index is 2.99. The second-order valence-electron chi connectivity index (χ2n) is 3.70. The second-order valence-corrected chi connectivity index (χ2v) is 6.94. The van der Waals surface area contributed by atoms with Gasteiger partial charge in [0, 0.05) is 0 Å². The van der Waals surface area contributed by atoms with Gasteiger partial charge in [-0.15, -0.1) is 14.3 Å². The molecule has 1 aromatic rings. The average molecular weight is 367 g/mol. The second kappa shape index (κ2) is 17.8. The monoisotopic (exact) mass is 366 g/mol. The van der Waals surface area contributed by atoms with E-state index in [1.807, 2.05) is 42.5 Å². The van der Waals surface area contributed by atoms with Crippen molar-refractivity contribution in [3.8, 4) is 0 Å². The van der Waals surface area contributed by atoms with Crippen molar-refractivity contribution in [2.75, 3.05) is 18.5 Å². The van der Waals surface area contributed by atoms with Crippen LogP contribution in [-0.2, 0) is 20.4 Å². The molecule has 1 aliphatic rings. The molecule has 2 rings (SSSR count). The predicted molar refractivity (Wildman–Crippen MR) is 85.4 cm³/mol. The molecule has 0 saturated carbocycles. The number of benzene rings is 1. The maximum Gasteiger partial charge on any atom is 2.00 e. The van der Waals surface area contributed by atoms with Gasteiger partial charge in [-0.05, 0) is 18.5 Å². The van der Waals surface area contributed by atoms with E-state index in [9.17, 15) is 0 Å². The van der Waals surface area contributed by atoms with Gasteiger partial charge in [-0.2, -0.15) is 42.5 Å². The van der Waals surface area contributed by atoms with E-state index in [1.165, 1.54) is 18.5 Å². The fourth-order valence-corrected chi connectivity index (χ4v) is 2.69. The molecular weight excluding hydrogens is 342 g/mol. The van der Waals surface area contributed by atoms with Gasteiger partial charge in [0.1, 0.15) is 0 Å². The number of allylic oxidation sites excluding steroid dienone is 4. The summed E-state index contributed by atoms with van der Waals surface area (Å²) < 4.78 is 0. The normalized spacial score (nSPS) is 10.9. The van der Waals surface area contributed by atoms with E-state index in [1.54, 1.807) is 0 Å². The number of hydrogen-bond donors (Lipinski definition) is 0. The van der Waals surface area contributed by atoms with Crippen molar-refractivity contribution in [3.05, 3.63) is 60.7 Å². The van der Waals surface area contributed by atoms with E-state index in [2.05, 4.69) is 39.0 Å². The zero-order chi connectivity index (χ0) is 13.5. The van der Waals surface area contributed by atoms with Crippen LogP contribution in [0.15, 0.2) is 48.6 Å². The van der Waals surface area contributed by atoms with Crippen LogP contribution in [0.5, 0.6) is 0 Å². The molecule has 0 aliphatic heterocycles. The van der Waals surface area contributed by atoms with Crippen LogP contribution in [0, 0.1) is 12.1 Å². The van der Waals surface area contributed by atoms with Crippen LogP contribution in [-0.4, -0.2) is 18.5 Å². The molecule has 1 aliphatic carbocycles. The van der Waals surface area contributed by atoms with Gasteiger partial charge in [0.25, 0.3) is 0 Å². The minimum atomic E-state index is 0. The fourth-order valence-electron chi connectivity index (χ4n) is 1.35. The quantitative estimate of drug-likeness (QED) is 0.386. The first-order valence-electron chi connectivity index (χ1n) is 6.70. The molecule has 0 bridgehead atoms. The van der Waals surface area contributed by atoms with Gasteiger partial charge < -0.3 is 0 Å². The van der Waals surface area contributed by atoms with Crippen LogP contribution in [0.1, 0.15) is 27.2 Å². The van der Waals surface area contributed by atoms with Crippen LogP contribution in [0.2, 0.25) is 0 Å². The summed E-state index contributed by atoms with van der Waals surface area (Å²) in [7, 11) is 0.446. The zero-order valence-electron chi connectivity index (χ0n) is 12.2. The zero-order valence-corrected chi connectivity index (χ0v) is 14.7. The van der Waals surface area contributed by atoms with E-state index in [-0.39, 0.29) is 20.4 Å². The Morgan fingerprint density at radius 3 is 1.63 bits per heavy atom. The molecule has 0 radical (unpaired) electrons.